The van der Waals surface area contributed by atoms with Gasteiger partial charge in [0.15, 0.2) is 0 Å². The lowest BCUT2D eigenvalue weighted by Crippen LogP contribution is -2.28. The maximum atomic E-state index is 12.7. The van der Waals surface area contributed by atoms with Crippen molar-refractivity contribution in [2.75, 3.05) is 32.5 Å². The number of rotatable bonds is 8. The van der Waals surface area contributed by atoms with Crippen LogP contribution in [0.15, 0.2) is 36.4 Å². The van der Waals surface area contributed by atoms with Gasteiger partial charge in [-0.2, -0.15) is 0 Å². The zero-order chi connectivity index (χ0) is 21.6. The Hall–Kier alpha value is -2.47. The van der Waals surface area contributed by atoms with Crippen molar-refractivity contribution in [2.24, 2.45) is 5.92 Å². The van der Waals surface area contributed by atoms with E-state index < -0.39 is 0 Å². The molecule has 1 amide bonds. The van der Waals surface area contributed by atoms with Crippen molar-refractivity contribution in [2.45, 2.75) is 57.5 Å². The van der Waals surface area contributed by atoms with E-state index in [0.717, 1.165) is 36.3 Å². The Bertz CT molecular complexity index is 865. The van der Waals surface area contributed by atoms with Crippen molar-refractivity contribution in [3.63, 3.8) is 0 Å². The van der Waals surface area contributed by atoms with Crippen molar-refractivity contribution in [1.82, 2.24) is 19.8 Å². The highest BCUT2D eigenvalue weighted by Crippen LogP contribution is 2.29. The molecule has 1 aliphatic carbocycles. The van der Waals surface area contributed by atoms with Crippen LogP contribution in [-0.2, 0) is 17.9 Å². The van der Waals surface area contributed by atoms with Crippen LogP contribution in [0.25, 0.3) is 0 Å². The first kappa shape index (κ1) is 21.8. The molecule has 1 aromatic heterocycles. The van der Waals surface area contributed by atoms with Gasteiger partial charge in [-0.25, -0.2) is 9.97 Å². The predicted molar refractivity (Wildman–Crippen MR) is 124 cm³/mol. The molecule has 166 valence electrons. The van der Waals surface area contributed by atoms with Crippen molar-refractivity contribution in [3.8, 4) is 0 Å². The Kier molecular flexibility index (Phi) is 7.17. The maximum Gasteiger partial charge on any atom is 0.223 e. The summed E-state index contributed by atoms with van der Waals surface area (Å²) in [5.41, 5.74) is 2.14. The first-order chi connectivity index (χ1) is 15.1. The molecule has 0 spiro atoms. The number of likely N-dealkylation sites (tertiary alicyclic amines) is 1. The lowest BCUT2D eigenvalue weighted by Gasteiger charge is -2.26. The number of hydrogen-bond acceptors (Lipinski definition) is 5. The summed E-state index contributed by atoms with van der Waals surface area (Å²) in [7, 11) is 4.06. The molecule has 2 heterocycles. The second-order valence-corrected chi connectivity index (χ2v) is 9.21. The second kappa shape index (κ2) is 10.2. The number of benzene rings is 1. The number of anilines is 1. The summed E-state index contributed by atoms with van der Waals surface area (Å²) in [5, 5.41) is 3.18. The predicted octanol–water partition coefficient (Wildman–Crippen LogP) is 4.05. The van der Waals surface area contributed by atoms with Crippen LogP contribution in [0.2, 0.25) is 0 Å². The summed E-state index contributed by atoms with van der Waals surface area (Å²) in [5.74, 6) is 2.79. The van der Waals surface area contributed by atoms with Crippen LogP contribution in [0, 0.1) is 5.92 Å². The number of nitrogens with zero attached hydrogens (tertiary/aromatic N) is 4. The largest absolute Gasteiger partial charge is 0.373 e. The minimum atomic E-state index is 0.119. The Morgan fingerprint density at radius 3 is 2.65 bits per heavy atom. The minimum Gasteiger partial charge on any atom is -0.373 e. The van der Waals surface area contributed by atoms with Gasteiger partial charge in [0.1, 0.15) is 11.6 Å². The molecule has 1 aromatic carbocycles. The van der Waals surface area contributed by atoms with E-state index in [-0.39, 0.29) is 11.8 Å². The molecule has 6 nitrogen and oxygen atoms in total. The van der Waals surface area contributed by atoms with Gasteiger partial charge in [0.05, 0.1) is 12.2 Å². The molecular formula is C25H35N5O. The first-order valence-corrected chi connectivity index (χ1v) is 11.7. The molecule has 1 N–H and O–H groups in total. The Labute approximate surface area is 186 Å². The van der Waals surface area contributed by atoms with Crippen LogP contribution in [0.3, 0.4) is 0 Å². The summed E-state index contributed by atoms with van der Waals surface area (Å²) in [6.07, 6.45) is 7.32. The Balaban J connectivity index is 1.42. The molecule has 2 fully saturated rings. The topological polar surface area (TPSA) is 61.4 Å². The third kappa shape index (κ3) is 5.82. The highest BCUT2D eigenvalue weighted by Gasteiger charge is 2.32. The fraction of sp³-hybridized carbons (Fsp3) is 0.560. The van der Waals surface area contributed by atoms with Gasteiger partial charge in [-0.05, 0) is 31.4 Å². The van der Waals surface area contributed by atoms with Gasteiger partial charge in [-0.3, -0.25) is 9.69 Å². The summed E-state index contributed by atoms with van der Waals surface area (Å²) < 4.78 is 0. The van der Waals surface area contributed by atoms with Crippen LogP contribution in [-0.4, -0.2) is 52.9 Å². The van der Waals surface area contributed by atoms with E-state index in [1.165, 1.54) is 37.7 Å². The SMILES string of the molecule is CNc1cc(C2CC(=O)N(Cc3ccccc3)C2)nc(CN(C)CC2CCCCC2)n1. The standard InChI is InChI=1S/C25H35N5O/c1-26-23-14-22(21-13-25(31)30(17-21)16-20-11-7-4-8-12-20)27-24(28-23)18-29(2)15-19-9-5-3-6-10-19/h4,7-8,11-12,14,19,21H,3,5-6,9-10,13,15-18H2,1-2H3,(H,26,27,28). The lowest BCUT2D eigenvalue weighted by molar-refractivity contribution is -0.128. The number of amides is 1. The average Bonchev–Trinajstić information content (AvgIpc) is 3.15. The smallest absolute Gasteiger partial charge is 0.223 e. The molecule has 4 rings (SSSR count). The van der Waals surface area contributed by atoms with E-state index in [9.17, 15) is 4.79 Å². The summed E-state index contributed by atoms with van der Waals surface area (Å²) in [6, 6.07) is 12.2. The monoisotopic (exact) mass is 421 g/mol. The maximum absolute atomic E-state index is 12.7. The molecule has 0 bridgehead atoms. The molecule has 1 saturated carbocycles. The minimum absolute atomic E-state index is 0.119. The van der Waals surface area contributed by atoms with Crippen molar-refractivity contribution in [1.29, 1.82) is 0 Å². The number of carbonyl (C=O) groups excluding carboxylic acids is 1. The average molecular weight is 422 g/mol. The van der Waals surface area contributed by atoms with E-state index in [1.54, 1.807) is 0 Å². The summed E-state index contributed by atoms with van der Waals surface area (Å²) >= 11 is 0. The molecule has 31 heavy (non-hydrogen) atoms. The number of carbonyl (C=O) groups is 1. The van der Waals surface area contributed by atoms with Gasteiger partial charge in [0.25, 0.3) is 0 Å². The van der Waals surface area contributed by atoms with E-state index in [4.69, 9.17) is 9.97 Å². The fourth-order valence-corrected chi connectivity index (χ4v) is 4.97. The van der Waals surface area contributed by atoms with Gasteiger partial charge in [0, 0.05) is 45.1 Å². The van der Waals surface area contributed by atoms with E-state index >= 15 is 0 Å². The zero-order valence-electron chi connectivity index (χ0n) is 18.9. The molecule has 2 aromatic rings. The van der Waals surface area contributed by atoms with Crippen LogP contribution >= 0.6 is 0 Å². The lowest BCUT2D eigenvalue weighted by atomic mass is 9.89. The van der Waals surface area contributed by atoms with Crippen molar-refractivity contribution >= 4 is 11.7 Å². The van der Waals surface area contributed by atoms with Crippen molar-refractivity contribution in [3.05, 3.63) is 53.5 Å². The molecular weight excluding hydrogens is 386 g/mol. The third-order valence-corrected chi connectivity index (χ3v) is 6.60. The summed E-state index contributed by atoms with van der Waals surface area (Å²) in [6.45, 7) is 3.23. The van der Waals surface area contributed by atoms with E-state index in [1.807, 2.05) is 36.2 Å². The number of nitrogens with one attached hydrogen (secondary N) is 1. The van der Waals surface area contributed by atoms with Gasteiger partial charge in [-0.1, -0.05) is 49.6 Å². The molecule has 1 saturated heterocycles. The Morgan fingerprint density at radius 2 is 1.90 bits per heavy atom. The van der Waals surface area contributed by atoms with Gasteiger partial charge >= 0.3 is 0 Å². The van der Waals surface area contributed by atoms with Crippen LogP contribution < -0.4 is 5.32 Å². The van der Waals surface area contributed by atoms with Gasteiger partial charge in [0.2, 0.25) is 5.91 Å². The third-order valence-electron chi connectivity index (χ3n) is 6.60. The number of hydrogen-bond donors (Lipinski definition) is 1. The molecule has 1 aliphatic heterocycles. The van der Waals surface area contributed by atoms with Crippen molar-refractivity contribution < 1.29 is 4.79 Å². The molecule has 6 heteroatoms. The summed E-state index contributed by atoms with van der Waals surface area (Å²) in [4.78, 5) is 26.6. The highest BCUT2D eigenvalue weighted by molar-refractivity contribution is 5.79. The quantitative estimate of drug-likeness (QED) is 0.697. The molecule has 0 radical (unpaired) electrons. The van der Waals surface area contributed by atoms with Crippen LogP contribution in [0.5, 0.6) is 0 Å². The Morgan fingerprint density at radius 1 is 1.13 bits per heavy atom. The number of aromatic nitrogens is 2. The molecule has 1 unspecified atom stereocenters. The first-order valence-electron chi connectivity index (χ1n) is 11.7. The normalized spacial score (nSPS) is 19.9. The zero-order valence-corrected chi connectivity index (χ0v) is 18.9. The highest BCUT2D eigenvalue weighted by atomic mass is 16.2. The van der Waals surface area contributed by atoms with E-state index in [0.29, 0.717) is 19.5 Å². The van der Waals surface area contributed by atoms with Crippen LogP contribution in [0.1, 0.15) is 61.5 Å². The second-order valence-electron chi connectivity index (χ2n) is 9.21. The molecule has 2 aliphatic rings. The molecule has 1 atom stereocenters. The van der Waals surface area contributed by atoms with Crippen LogP contribution in [0.4, 0.5) is 5.82 Å². The van der Waals surface area contributed by atoms with Gasteiger partial charge in [-0.15, -0.1) is 0 Å². The van der Waals surface area contributed by atoms with E-state index in [2.05, 4.69) is 29.4 Å². The van der Waals surface area contributed by atoms with Gasteiger partial charge < -0.3 is 10.2 Å². The fourth-order valence-electron chi connectivity index (χ4n) is 4.97.